The lowest BCUT2D eigenvalue weighted by atomic mass is 9.33. The second-order valence-corrected chi connectivity index (χ2v) is 22.9. The van der Waals surface area contributed by atoms with E-state index in [1.165, 1.54) is 5.57 Å². The van der Waals surface area contributed by atoms with Gasteiger partial charge in [-0.3, -0.25) is 4.79 Å². The Morgan fingerprint density at radius 1 is 0.742 bits per heavy atom. The van der Waals surface area contributed by atoms with Crippen LogP contribution in [0.3, 0.4) is 0 Å². The van der Waals surface area contributed by atoms with Gasteiger partial charge in [-0.15, -0.1) is 0 Å². The van der Waals surface area contributed by atoms with Gasteiger partial charge in [-0.2, -0.15) is 0 Å². The Hall–Kier alpha value is -1.31. The van der Waals surface area contributed by atoms with Crippen molar-refractivity contribution in [3.63, 3.8) is 0 Å². The molecule has 8 rings (SSSR count). The predicted octanol–water partition coefficient (Wildman–Crippen LogP) is 3.40. The number of hydrogen-bond acceptors (Lipinski definition) is 14. The van der Waals surface area contributed by atoms with Crippen molar-refractivity contribution in [2.75, 3.05) is 13.2 Å². The molecule has 62 heavy (non-hydrogen) atoms. The first kappa shape index (κ1) is 47.2. The molecule has 5 aliphatic carbocycles. The first-order valence-corrected chi connectivity index (χ1v) is 23.5. The Balaban J connectivity index is 1.02. The van der Waals surface area contributed by atoms with Gasteiger partial charge in [-0.1, -0.05) is 60.1 Å². The third kappa shape index (κ3) is 7.38. The summed E-state index contributed by atoms with van der Waals surface area (Å²) in [5.41, 5.74) is 0.393. The molecule has 0 spiro atoms. The number of ether oxygens (including phenoxy) is 6. The monoisotopic (exact) mass is 881 g/mol. The highest BCUT2D eigenvalue weighted by atomic mass is 16.8. The Bertz CT molecular complexity index is 1690. The zero-order valence-corrected chi connectivity index (χ0v) is 38.0. The van der Waals surface area contributed by atoms with Crippen molar-refractivity contribution in [2.24, 2.45) is 50.2 Å². The van der Waals surface area contributed by atoms with E-state index in [9.17, 15) is 45.6 Å². The minimum Gasteiger partial charge on any atom is -0.481 e. The van der Waals surface area contributed by atoms with Crippen molar-refractivity contribution in [3.8, 4) is 0 Å². The fourth-order valence-electron chi connectivity index (χ4n) is 14.8. The number of aliphatic carboxylic acids is 1. The van der Waals surface area contributed by atoms with E-state index in [0.717, 1.165) is 64.2 Å². The summed E-state index contributed by atoms with van der Waals surface area (Å²) < 4.78 is 37.3. The molecule has 15 nitrogen and oxygen atoms in total. The highest BCUT2D eigenvalue weighted by Crippen LogP contribution is 2.76. The van der Waals surface area contributed by atoms with Crippen LogP contribution in [0.5, 0.6) is 0 Å². The van der Waals surface area contributed by atoms with Crippen molar-refractivity contribution in [1.82, 2.24) is 0 Å². The van der Waals surface area contributed by atoms with Gasteiger partial charge in [0, 0.05) is 6.42 Å². The Morgan fingerprint density at radius 3 is 2.08 bits per heavy atom. The minimum atomic E-state index is -1.63. The van der Waals surface area contributed by atoms with Gasteiger partial charge in [0.25, 0.3) is 0 Å². The normalized spacial score (nSPS) is 53.6. The van der Waals surface area contributed by atoms with Crippen molar-refractivity contribution in [3.05, 3.63) is 11.6 Å². The molecular weight excluding hydrogens is 805 g/mol. The van der Waals surface area contributed by atoms with Gasteiger partial charge in [0.05, 0.1) is 36.9 Å². The molecule has 0 aromatic heterocycles. The van der Waals surface area contributed by atoms with E-state index in [1.54, 1.807) is 6.92 Å². The summed E-state index contributed by atoms with van der Waals surface area (Å²) in [6, 6.07) is 0. The smallest absolute Gasteiger partial charge is 0.310 e. The van der Waals surface area contributed by atoms with Gasteiger partial charge >= 0.3 is 5.97 Å². The number of aliphatic hydroxyl groups excluding tert-OH is 7. The molecular formula is C47H76O15. The maximum Gasteiger partial charge on any atom is 0.310 e. The van der Waals surface area contributed by atoms with Gasteiger partial charge in [0.1, 0.15) is 48.8 Å². The van der Waals surface area contributed by atoms with Crippen LogP contribution in [-0.4, -0.2) is 146 Å². The number of allylic oxidation sites excluding steroid dienone is 2. The number of aliphatic hydroxyl groups is 7. The van der Waals surface area contributed by atoms with Crippen LogP contribution in [0.1, 0.15) is 126 Å². The molecule has 21 atom stereocenters. The second kappa shape index (κ2) is 16.5. The molecule has 8 aliphatic rings. The molecule has 3 heterocycles. The van der Waals surface area contributed by atoms with Gasteiger partial charge < -0.3 is 69.3 Å². The van der Waals surface area contributed by atoms with Crippen LogP contribution in [0.15, 0.2) is 11.6 Å². The summed E-state index contributed by atoms with van der Waals surface area (Å²) in [4.78, 5) is 13.1. The molecule has 0 amide bonds. The van der Waals surface area contributed by atoms with Crippen molar-refractivity contribution < 1.29 is 74.1 Å². The number of hydrogen-bond donors (Lipinski definition) is 8. The average molecular weight is 881 g/mol. The molecule has 0 unspecified atom stereocenters. The van der Waals surface area contributed by atoms with E-state index in [4.69, 9.17) is 28.4 Å². The molecule has 15 heteroatoms. The molecule has 3 aliphatic heterocycles. The number of rotatable bonds is 8. The van der Waals surface area contributed by atoms with Crippen molar-refractivity contribution >= 4 is 5.97 Å². The molecule has 3 saturated heterocycles. The lowest BCUT2D eigenvalue weighted by Crippen LogP contribution is -2.65. The van der Waals surface area contributed by atoms with Crippen LogP contribution >= 0.6 is 0 Å². The summed E-state index contributed by atoms with van der Waals surface area (Å²) in [5.74, 6) is 0.124. The van der Waals surface area contributed by atoms with E-state index >= 15 is 0 Å². The number of fused-ring (bicyclic) bond motifs is 7. The maximum atomic E-state index is 13.1. The van der Waals surface area contributed by atoms with Gasteiger partial charge in [0.2, 0.25) is 0 Å². The van der Waals surface area contributed by atoms with E-state index in [-0.39, 0.29) is 52.1 Å². The Morgan fingerprint density at radius 2 is 1.40 bits per heavy atom. The summed E-state index contributed by atoms with van der Waals surface area (Å²) in [6.45, 7) is 17.6. The fraction of sp³-hybridized carbons (Fsp3) is 0.936. The van der Waals surface area contributed by atoms with Crippen LogP contribution in [0.25, 0.3) is 0 Å². The van der Waals surface area contributed by atoms with Crippen LogP contribution in [0.2, 0.25) is 0 Å². The third-order valence-electron chi connectivity index (χ3n) is 18.8. The largest absolute Gasteiger partial charge is 0.481 e. The number of carboxylic acid groups (broad SMARTS) is 1. The van der Waals surface area contributed by atoms with E-state index in [0.29, 0.717) is 11.8 Å². The Labute approximate surface area is 366 Å². The van der Waals surface area contributed by atoms with E-state index in [2.05, 4.69) is 54.5 Å². The second-order valence-electron chi connectivity index (χ2n) is 22.9. The highest BCUT2D eigenvalue weighted by Gasteiger charge is 2.69. The fourth-order valence-corrected chi connectivity index (χ4v) is 14.8. The zero-order chi connectivity index (χ0) is 45.1. The van der Waals surface area contributed by atoms with Crippen molar-refractivity contribution in [2.45, 2.75) is 212 Å². The summed E-state index contributed by atoms with van der Waals surface area (Å²) >= 11 is 0. The topological polar surface area (TPSA) is 234 Å². The lowest BCUT2D eigenvalue weighted by Gasteiger charge is -2.71. The zero-order valence-electron chi connectivity index (χ0n) is 38.0. The van der Waals surface area contributed by atoms with Gasteiger partial charge in [-0.05, 0) is 116 Å². The highest BCUT2D eigenvalue weighted by molar-refractivity contribution is 5.76. The number of carbonyl (C=O) groups is 1. The summed E-state index contributed by atoms with van der Waals surface area (Å²) in [5, 5.41) is 84.0. The summed E-state index contributed by atoms with van der Waals surface area (Å²) in [7, 11) is 0. The van der Waals surface area contributed by atoms with Gasteiger partial charge in [-0.25, -0.2) is 0 Å². The first-order chi connectivity index (χ1) is 28.9. The molecule has 354 valence electrons. The molecule has 0 aromatic carbocycles. The third-order valence-corrected chi connectivity index (χ3v) is 18.8. The van der Waals surface area contributed by atoms with Gasteiger partial charge in [0.15, 0.2) is 18.9 Å². The standard InChI is InChI=1S/C47H76O15/c1-23-32(49)34(51)36(53)39(58-23)60-27-19-24(59-40-37(54)35(52)33(50)28(21-48)61-40)22-57-38(27)62-31-12-13-44(6)29(43(31,4)5)11-14-46(8)30(44)10-9-25-26-20-42(2,3)15-17-47(26,41(55)56)18-16-45(25,46)7/h9,23-24,26-40,48-54H,10-22H2,1-8H3,(H,55,56)/t23-,24+,26-,27+,28+,29-,30+,31-,32-,33+,34+,35-,36+,37+,38-,39-,40+,44-,45+,46+,47-/m0/s1. The Kier molecular flexibility index (Phi) is 12.5. The number of carboxylic acids is 1. The van der Waals surface area contributed by atoms with E-state index in [1.807, 2.05) is 0 Å². The van der Waals surface area contributed by atoms with E-state index < -0.39 is 97.9 Å². The quantitative estimate of drug-likeness (QED) is 0.129. The molecule has 4 saturated carbocycles. The summed E-state index contributed by atoms with van der Waals surface area (Å²) in [6.07, 6.45) is -5.53. The SMILES string of the molecule is C[C@@H]1O[C@@H](O[C@@H]2C[C@@H](O[C@@H]3O[C@H](CO)[C@@H](O)[C@H](O)[C@H]3O)CO[C@H]2O[C@H]2CC[C@]3(C)[C@H]4CC=C5[C@@H]6CC(C)(C)CC[C@]6(C(=O)O)CC[C@@]5(C)[C@]4(C)CC[C@H]3C2(C)C)[C@H](O)[C@H](O)[C@H]1O. The van der Waals surface area contributed by atoms with Crippen LogP contribution in [0, 0.1) is 50.2 Å². The molecule has 8 N–H and O–H groups in total. The average Bonchev–Trinajstić information content (AvgIpc) is 3.21. The van der Waals surface area contributed by atoms with Crippen LogP contribution < -0.4 is 0 Å². The molecule has 7 fully saturated rings. The molecule has 0 radical (unpaired) electrons. The molecule has 0 bridgehead atoms. The van der Waals surface area contributed by atoms with Crippen molar-refractivity contribution in [1.29, 1.82) is 0 Å². The maximum absolute atomic E-state index is 13.1. The predicted molar refractivity (Wildman–Crippen MR) is 222 cm³/mol. The first-order valence-electron chi connectivity index (χ1n) is 23.5. The minimum absolute atomic E-state index is 0.00411. The van der Waals surface area contributed by atoms with Crippen LogP contribution in [-0.2, 0) is 33.2 Å². The molecule has 0 aromatic rings. The van der Waals surface area contributed by atoms with Crippen LogP contribution in [0.4, 0.5) is 0 Å². The lowest BCUT2D eigenvalue weighted by molar-refractivity contribution is -0.363.